The Morgan fingerprint density at radius 2 is 0.500 bits per heavy atom. The summed E-state index contributed by atoms with van der Waals surface area (Å²) >= 11 is 0. The summed E-state index contributed by atoms with van der Waals surface area (Å²) in [6.07, 6.45) is 0. The summed E-state index contributed by atoms with van der Waals surface area (Å²) < 4.78 is 0. The van der Waals surface area contributed by atoms with Crippen LogP contribution in [0.2, 0.25) is 0 Å². The summed E-state index contributed by atoms with van der Waals surface area (Å²) in [5.74, 6) is 0. The Hall–Kier alpha value is 3.44. The number of hydrogen-bond acceptors (Lipinski definition) is 0. The van der Waals surface area contributed by atoms with Crippen LogP contribution in [-0.2, 0) is 110 Å². The Morgan fingerprint density at radius 1 is 0.500 bits per heavy atom. The van der Waals surface area contributed by atoms with Gasteiger partial charge in [-0.1, -0.05) is 0 Å². The van der Waals surface area contributed by atoms with E-state index < -0.39 is 0 Å². The van der Waals surface area contributed by atoms with Crippen molar-refractivity contribution in [1.29, 1.82) is 0 Å². The first-order valence-corrected chi connectivity index (χ1v) is 0. The van der Waals surface area contributed by atoms with E-state index in [9.17, 15) is 0 Å². The summed E-state index contributed by atoms with van der Waals surface area (Å²) in [6, 6.07) is 0. The molecule has 0 spiro atoms. The van der Waals surface area contributed by atoms with E-state index in [1.165, 1.54) is 0 Å². The average Bonchev–Trinajstić information content (AvgIpc) is 0. The van der Waals surface area contributed by atoms with Gasteiger partial charge in [0.15, 0.2) is 0 Å². The van der Waals surface area contributed by atoms with Crippen LogP contribution in [-0.4, -0.2) is 0 Å². The van der Waals surface area contributed by atoms with Gasteiger partial charge in [-0.05, 0) is 0 Å². The summed E-state index contributed by atoms with van der Waals surface area (Å²) in [5, 5.41) is 0. The van der Waals surface area contributed by atoms with Gasteiger partial charge in [-0.3, -0.25) is 0 Å². The van der Waals surface area contributed by atoms with E-state index in [1.807, 2.05) is 0 Å². The molecule has 0 saturated carbocycles. The monoisotopic (exact) mass is 593 g/mol. The largest absolute Gasteiger partial charge is 0 e. The Bertz CT molecular complexity index is 8.75. The molecule has 0 bridgehead atoms. The molecule has 6 heteroatoms. The molecule has 6 heavy (non-hydrogen) atoms. The van der Waals surface area contributed by atoms with E-state index in [1.54, 1.807) is 0 Å². The van der Waals surface area contributed by atoms with Crippen molar-refractivity contribution in [1.82, 2.24) is 0 Å². The average molecular weight is 595 g/mol. The fourth-order valence-corrected chi connectivity index (χ4v) is 0. The van der Waals surface area contributed by atoms with Gasteiger partial charge in [-0.2, -0.15) is 0 Å². The van der Waals surface area contributed by atoms with Gasteiger partial charge < -0.3 is 0 Å². The van der Waals surface area contributed by atoms with Gasteiger partial charge in [-0.15, -0.1) is 0 Å². The molecule has 0 aromatic rings. The molecule has 0 rings (SSSR count). The van der Waals surface area contributed by atoms with Gasteiger partial charge in [0.05, 0.1) is 0 Å². The molecule has 1 radical (unpaired) electrons. The maximum atomic E-state index is 0. The molecule has 0 aliphatic heterocycles. The van der Waals surface area contributed by atoms with Crippen LogP contribution in [0, 0.1) is 0 Å². The first-order chi connectivity index (χ1) is 0. The third-order valence-corrected chi connectivity index (χ3v) is 0. The van der Waals surface area contributed by atoms with Crippen LogP contribution in [0.4, 0.5) is 0 Å². The minimum atomic E-state index is 0. The topological polar surface area (TPSA) is 0 Å². The molecule has 0 aromatic carbocycles. The van der Waals surface area contributed by atoms with Gasteiger partial charge in [0.2, 0.25) is 0 Å². The smallest absolute Gasteiger partial charge is 0 e. The Morgan fingerprint density at radius 3 is 0.500 bits per heavy atom. The molecule has 0 aliphatic rings. The predicted octanol–water partition coefficient (Wildman–Crippen LogP) is -0.0150. The summed E-state index contributed by atoms with van der Waals surface area (Å²) in [5.41, 5.74) is 0. The van der Waals surface area contributed by atoms with Crippen molar-refractivity contribution in [2.24, 2.45) is 0 Å². The van der Waals surface area contributed by atoms with Crippen LogP contribution in [0.15, 0.2) is 0 Å². The van der Waals surface area contributed by atoms with E-state index in [2.05, 4.69) is 0 Å². The fourth-order valence-electron chi connectivity index (χ4n) is 0. The van der Waals surface area contributed by atoms with E-state index in [0.717, 1.165) is 0 Å². The second kappa shape index (κ2) is 39.5. The molecule has 0 aliphatic carbocycles. The SMILES string of the molecule is [Ni].[Ni].[Ni].[V].[W].[W]. The molecule has 0 amide bonds. The van der Waals surface area contributed by atoms with Crippen molar-refractivity contribution in [2.75, 3.05) is 0 Å². The quantitative estimate of drug-likeness (QED) is 0.347. The molecule has 0 atom stereocenters. The van der Waals surface area contributed by atoms with Crippen LogP contribution >= 0.6 is 0 Å². The van der Waals surface area contributed by atoms with Crippen molar-refractivity contribution in [3.63, 3.8) is 0 Å². The van der Waals surface area contributed by atoms with Crippen LogP contribution in [0.3, 0.4) is 0 Å². The normalized spacial score (nSPS) is 0. The maximum absolute atomic E-state index is 0. The third kappa shape index (κ3) is 26.1. The first kappa shape index (κ1) is 56.8. The van der Waals surface area contributed by atoms with Crippen molar-refractivity contribution in [3.8, 4) is 0 Å². The van der Waals surface area contributed by atoms with Crippen molar-refractivity contribution < 1.29 is 110 Å². The second-order valence-corrected chi connectivity index (χ2v) is 0. The van der Waals surface area contributed by atoms with Gasteiger partial charge in [0.1, 0.15) is 0 Å². The van der Waals surface area contributed by atoms with Crippen molar-refractivity contribution in [3.05, 3.63) is 0 Å². The molecule has 0 saturated heterocycles. The zero-order valence-corrected chi connectivity index (χ0v) is 12.4. The molecular weight excluding hydrogens is 595 g/mol. The van der Waals surface area contributed by atoms with Crippen molar-refractivity contribution in [2.45, 2.75) is 0 Å². The van der Waals surface area contributed by atoms with Gasteiger partial charge >= 0.3 is 0 Å². The zero-order chi connectivity index (χ0) is 0. The molecule has 0 heterocycles. The maximum Gasteiger partial charge on any atom is 0 e. The van der Waals surface area contributed by atoms with Gasteiger partial charge in [0, 0.05) is 110 Å². The number of hydrogen-bond donors (Lipinski definition) is 0. The summed E-state index contributed by atoms with van der Waals surface area (Å²) in [6.45, 7) is 0. The zero-order valence-electron chi connectivity index (χ0n) is 2.21. The van der Waals surface area contributed by atoms with E-state index >= 15 is 0 Å². The minimum absolute atomic E-state index is 0. The van der Waals surface area contributed by atoms with Crippen molar-refractivity contribution >= 4 is 0 Å². The summed E-state index contributed by atoms with van der Waals surface area (Å²) in [4.78, 5) is 0. The molecule has 0 N–H and O–H groups in total. The van der Waals surface area contributed by atoms with E-state index in [-0.39, 0.29) is 110 Å². The molecular formula is Ni3VW2. The standard InChI is InChI=1S/3Ni.V.2W. The van der Waals surface area contributed by atoms with Crippen LogP contribution in [0.5, 0.6) is 0 Å². The minimum Gasteiger partial charge on any atom is 0 e. The van der Waals surface area contributed by atoms with E-state index in [0.29, 0.717) is 0 Å². The fraction of sp³-hybridized carbons (Fsp3) is 0. The van der Waals surface area contributed by atoms with Crippen LogP contribution in [0.1, 0.15) is 0 Å². The van der Waals surface area contributed by atoms with E-state index in [4.69, 9.17) is 0 Å². The van der Waals surface area contributed by atoms with Crippen LogP contribution in [0.25, 0.3) is 0 Å². The molecule has 0 nitrogen and oxygen atoms in total. The Labute approximate surface area is 108 Å². The first-order valence-electron chi connectivity index (χ1n) is 0. The van der Waals surface area contributed by atoms with Gasteiger partial charge in [-0.25, -0.2) is 0 Å². The number of rotatable bonds is 0. The van der Waals surface area contributed by atoms with Crippen LogP contribution < -0.4 is 0 Å². The predicted molar refractivity (Wildman–Crippen MR) is 0 cm³/mol. The third-order valence-electron chi connectivity index (χ3n) is 0. The Kier molecular flexibility index (Phi) is 374. The second-order valence-electron chi connectivity index (χ2n) is 0. The molecule has 0 unspecified atom stereocenters. The molecule has 0 fully saturated rings. The summed E-state index contributed by atoms with van der Waals surface area (Å²) in [7, 11) is 0. The Balaban J connectivity index is 0. The van der Waals surface area contributed by atoms with Gasteiger partial charge in [0.25, 0.3) is 0 Å². The molecule has 47 valence electrons. The molecule has 0 aromatic heterocycles.